The van der Waals surface area contributed by atoms with E-state index in [-0.39, 0.29) is 0 Å². The molecule has 0 spiro atoms. The first-order chi connectivity index (χ1) is 13.5. The van der Waals surface area contributed by atoms with E-state index in [9.17, 15) is 0 Å². The Hall–Kier alpha value is -2.07. The molecule has 5 rings (SSSR count). The van der Waals surface area contributed by atoms with Crippen LogP contribution < -0.4 is 0 Å². The molecule has 1 aliphatic carbocycles. The third kappa shape index (κ3) is 2.73. The van der Waals surface area contributed by atoms with Crippen molar-refractivity contribution in [3.8, 4) is 11.1 Å². The van der Waals surface area contributed by atoms with Gasteiger partial charge in [-0.3, -0.25) is 0 Å². The number of hydrogen-bond acceptors (Lipinski definition) is 1. The Morgan fingerprint density at radius 1 is 0.893 bits per heavy atom. The summed E-state index contributed by atoms with van der Waals surface area (Å²) in [4.78, 5) is 0. The summed E-state index contributed by atoms with van der Waals surface area (Å²) in [6.45, 7) is 6.74. The van der Waals surface area contributed by atoms with Crippen LogP contribution in [0.25, 0.3) is 27.4 Å². The van der Waals surface area contributed by atoms with Crippen molar-refractivity contribution in [3.63, 3.8) is 0 Å². The van der Waals surface area contributed by atoms with Crippen molar-refractivity contribution in [1.82, 2.24) is 14.2 Å². The van der Waals surface area contributed by atoms with Gasteiger partial charge in [0.2, 0.25) is 0 Å². The molecule has 1 fully saturated rings. The number of fused-ring (bicyclic) bond motifs is 3. The molecule has 0 saturated heterocycles. The molecule has 28 heavy (non-hydrogen) atoms. The maximum atomic E-state index is 4.92. The second-order valence-electron chi connectivity index (χ2n) is 8.23. The fourth-order valence-electron chi connectivity index (χ4n) is 5.23. The van der Waals surface area contributed by atoms with Crippen molar-refractivity contribution < 1.29 is 0 Å². The zero-order valence-corrected chi connectivity index (χ0v) is 18.4. The summed E-state index contributed by atoms with van der Waals surface area (Å²) >= 11 is 3.53. The normalized spacial score (nSPS) is 15.7. The Balaban J connectivity index is 1.75. The minimum Gasteiger partial charge on any atom is -0.345 e. The molecule has 1 aromatic carbocycles. The number of rotatable bonds is 2. The smallest absolute Gasteiger partial charge is 0.0749 e. The average molecular weight is 436 g/mol. The van der Waals surface area contributed by atoms with Crippen molar-refractivity contribution in [1.29, 1.82) is 0 Å². The second kappa shape index (κ2) is 6.77. The lowest BCUT2D eigenvalue weighted by atomic mass is 9.95. The molecule has 3 nitrogen and oxygen atoms in total. The van der Waals surface area contributed by atoms with Gasteiger partial charge in [-0.2, -0.15) is 5.10 Å². The van der Waals surface area contributed by atoms with Gasteiger partial charge < -0.3 is 4.57 Å². The van der Waals surface area contributed by atoms with Gasteiger partial charge in [-0.05, 0) is 57.4 Å². The van der Waals surface area contributed by atoms with E-state index in [1.807, 2.05) is 0 Å². The van der Waals surface area contributed by atoms with Gasteiger partial charge in [0, 0.05) is 44.4 Å². The van der Waals surface area contributed by atoms with Gasteiger partial charge in [0.15, 0.2) is 0 Å². The molecule has 1 aliphatic rings. The van der Waals surface area contributed by atoms with Crippen LogP contribution in [0.3, 0.4) is 0 Å². The molecule has 3 heterocycles. The van der Waals surface area contributed by atoms with Gasteiger partial charge in [-0.25, -0.2) is 4.52 Å². The van der Waals surface area contributed by atoms with Crippen molar-refractivity contribution in [3.05, 3.63) is 58.1 Å². The van der Waals surface area contributed by atoms with Crippen LogP contribution in [0.4, 0.5) is 0 Å². The van der Waals surface area contributed by atoms with E-state index >= 15 is 0 Å². The van der Waals surface area contributed by atoms with Gasteiger partial charge in [0.25, 0.3) is 0 Å². The van der Waals surface area contributed by atoms with Crippen LogP contribution in [0.5, 0.6) is 0 Å². The quantitative estimate of drug-likeness (QED) is 0.327. The first-order valence-corrected chi connectivity index (χ1v) is 11.1. The van der Waals surface area contributed by atoms with Gasteiger partial charge in [0.1, 0.15) is 0 Å². The molecule has 0 N–H and O–H groups in total. The van der Waals surface area contributed by atoms with Crippen LogP contribution >= 0.6 is 15.9 Å². The molecule has 1 saturated carbocycles. The van der Waals surface area contributed by atoms with E-state index in [0.717, 1.165) is 10.2 Å². The summed E-state index contributed by atoms with van der Waals surface area (Å²) in [7, 11) is 0. The highest BCUT2D eigenvalue weighted by Gasteiger charge is 2.24. The largest absolute Gasteiger partial charge is 0.345 e. The van der Waals surface area contributed by atoms with Crippen LogP contribution in [0.1, 0.15) is 55.2 Å². The molecule has 0 radical (unpaired) electrons. The molecule has 4 heteroatoms. The highest BCUT2D eigenvalue weighted by Crippen LogP contribution is 2.38. The monoisotopic (exact) mass is 435 g/mol. The fourth-order valence-corrected chi connectivity index (χ4v) is 5.49. The second-order valence-corrected chi connectivity index (χ2v) is 9.15. The Morgan fingerprint density at radius 2 is 1.57 bits per heavy atom. The molecule has 0 unspecified atom stereocenters. The lowest BCUT2D eigenvalue weighted by molar-refractivity contribution is 0.346. The molecular weight excluding hydrogens is 410 g/mol. The zero-order valence-electron chi connectivity index (χ0n) is 16.8. The molecule has 0 aliphatic heterocycles. The Bertz CT molecular complexity index is 1170. The van der Waals surface area contributed by atoms with Crippen LogP contribution in [-0.4, -0.2) is 14.2 Å². The zero-order chi connectivity index (χ0) is 19.4. The van der Waals surface area contributed by atoms with Crippen LogP contribution in [0.15, 0.2) is 41.0 Å². The minimum atomic E-state index is 0.640. The third-order valence-corrected chi connectivity index (χ3v) is 7.02. The van der Waals surface area contributed by atoms with Crippen molar-refractivity contribution in [2.24, 2.45) is 0 Å². The third-order valence-electron chi connectivity index (χ3n) is 6.49. The van der Waals surface area contributed by atoms with Crippen LogP contribution in [-0.2, 0) is 0 Å². The predicted molar refractivity (Wildman–Crippen MR) is 120 cm³/mol. The van der Waals surface area contributed by atoms with E-state index in [2.05, 4.69) is 82.3 Å². The molecule has 3 aromatic heterocycles. The number of aryl methyl sites for hydroxylation is 3. The van der Waals surface area contributed by atoms with Crippen molar-refractivity contribution in [2.45, 2.75) is 58.9 Å². The highest BCUT2D eigenvalue weighted by atomic mass is 79.9. The highest BCUT2D eigenvalue weighted by molar-refractivity contribution is 9.10. The van der Waals surface area contributed by atoms with E-state index in [1.54, 1.807) is 0 Å². The molecule has 144 valence electrons. The van der Waals surface area contributed by atoms with E-state index in [0.29, 0.717) is 6.04 Å². The molecule has 0 amide bonds. The van der Waals surface area contributed by atoms with Gasteiger partial charge in [0.05, 0.1) is 11.2 Å². The van der Waals surface area contributed by atoms with E-state index < -0.39 is 0 Å². The van der Waals surface area contributed by atoms with Gasteiger partial charge in [-0.1, -0.05) is 47.3 Å². The number of nitrogens with zero attached hydrogens (tertiary/aromatic N) is 3. The van der Waals surface area contributed by atoms with Crippen molar-refractivity contribution in [2.75, 3.05) is 0 Å². The fraction of sp³-hybridized carbons (Fsp3) is 0.375. The lowest BCUT2D eigenvalue weighted by Crippen LogP contribution is -2.15. The minimum absolute atomic E-state index is 0.640. The van der Waals surface area contributed by atoms with Gasteiger partial charge in [-0.15, -0.1) is 0 Å². The number of hydrogen-bond donors (Lipinski definition) is 0. The summed E-state index contributed by atoms with van der Waals surface area (Å²) < 4.78 is 5.80. The topological polar surface area (TPSA) is 22.2 Å². The number of benzene rings is 1. The number of aromatic nitrogens is 3. The molecular formula is C24H26BrN3. The number of halogens is 1. The Kier molecular flexibility index (Phi) is 4.35. The van der Waals surface area contributed by atoms with Crippen molar-refractivity contribution >= 4 is 32.2 Å². The SMILES string of the molecule is Cc1nn2cc(-c3ccc(Br)cc3)cc2c2c(C)n(C3CCCCC3)c(C)c12. The Morgan fingerprint density at radius 3 is 2.29 bits per heavy atom. The standard InChI is InChI=1S/C24H26BrN3/c1-15-23-16(2)28(21-7-5-4-6-8-21)17(3)24(23)22-13-19(14-27(22)26-15)18-9-11-20(25)12-10-18/h9-14,21H,4-8H2,1-3H3. The lowest BCUT2D eigenvalue weighted by Gasteiger charge is -2.26. The van der Waals surface area contributed by atoms with Gasteiger partial charge >= 0.3 is 0 Å². The van der Waals surface area contributed by atoms with E-state index in [1.165, 1.54) is 70.9 Å². The molecule has 0 bridgehead atoms. The first kappa shape index (κ1) is 18.0. The summed E-state index contributed by atoms with van der Waals surface area (Å²) in [6, 6.07) is 11.5. The maximum absolute atomic E-state index is 4.92. The summed E-state index contributed by atoms with van der Waals surface area (Å²) in [5.41, 5.74) is 7.56. The van der Waals surface area contributed by atoms with Crippen LogP contribution in [0.2, 0.25) is 0 Å². The first-order valence-electron chi connectivity index (χ1n) is 10.3. The summed E-state index contributed by atoms with van der Waals surface area (Å²) in [5.74, 6) is 0. The maximum Gasteiger partial charge on any atom is 0.0749 e. The molecule has 0 atom stereocenters. The summed E-state index contributed by atoms with van der Waals surface area (Å²) in [5, 5.41) is 7.64. The summed E-state index contributed by atoms with van der Waals surface area (Å²) in [6.07, 6.45) is 8.85. The molecule has 4 aromatic rings. The van der Waals surface area contributed by atoms with E-state index in [4.69, 9.17) is 5.10 Å². The average Bonchev–Trinajstić information content (AvgIpc) is 3.22. The van der Waals surface area contributed by atoms with Crippen LogP contribution in [0, 0.1) is 20.8 Å². The predicted octanol–water partition coefficient (Wildman–Crippen LogP) is 7.15. The Labute approximate surface area is 174 Å².